The van der Waals surface area contributed by atoms with E-state index < -0.39 is 0 Å². The zero-order chi connectivity index (χ0) is 14.2. The fourth-order valence-electron chi connectivity index (χ4n) is 2.61. The van der Waals surface area contributed by atoms with Crippen molar-refractivity contribution in [1.29, 1.82) is 0 Å². The molecule has 0 bridgehead atoms. The van der Waals surface area contributed by atoms with Gasteiger partial charge in [0.15, 0.2) is 0 Å². The number of hydrogen-bond acceptors (Lipinski definition) is 3. The molecule has 2 rings (SSSR count). The van der Waals surface area contributed by atoms with Gasteiger partial charge in [0.25, 0.3) is 0 Å². The first-order valence-corrected chi connectivity index (χ1v) is 6.65. The number of carbonyl (C=O) groups excluding carboxylic acids is 1. The summed E-state index contributed by atoms with van der Waals surface area (Å²) in [6, 6.07) is 2.16. The minimum atomic E-state index is 0.0668. The summed E-state index contributed by atoms with van der Waals surface area (Å²) in [5, 5.41) is 3.02. The summed E-state index contributed by atoms with van der Waals surface area (Å²) in [5.41, 5.74) is 9.76. The molecule has 19 heavy (non-hydrogen) atoms. The van der Waals surface area contributed by atoms with Crippen LogP contribution >= 0.6 is 0 Å². The quantitative estimate of drug-likeness (QED) is 0.878. The Balaban J connectivity index is 2.19. The fourth-order valence-corrected chi connectivity index (χ4v) is 2.61. The minimum absolute atomic E-state index is 0.0668. The van der Waals surface area contributed by atoms with E-state index in [0.29, 0.717) is 0 Å². The van der Waals surface area contributed by atoms with E-state index in [1.165, 1.54) is 0 Å². The lowest BCUT2D eigenvalue weighted by Gasteiger charge is -2.31. The van der Waals surface area contributed by atoms with Crippen molar-refractivity contribution in [3.63, 3.8) is 0 Å². The minimum Gasteiger partial charge on any atom is -0.496 e. The van der Waals surface area contributed by atoms with Crippen molar-refractivity contribution in [1.82, 2.24) is 0 Å². The number of ether oxygens (including phenoxy) is 1. The molecule has 1 amide bonds. The monoisotopic (exact) mass is 262 g/mol. The van der Waals surface area contributed by atoms with Crippen LogP contribution in [0.1, 0.15) is 29.5 Å². The van der Waals surface area contributed by atoms with E-state index in [0.717, 1.165) is 41.0 Å². The van der Waals surface area contributed by atoms with Crippen LogP contribution in [0.4, 0.5) is 5.69 Å². The summed E-state index contributed by atoms with van der Waals surface area (Å²) in [6.07, 6.45) is 1.58. The van der Waals surface area contributed by atoms with Crippen molar-refractivity contribution >= 4 is 11.6 Å². The molecule has 1 aliphatic rings. The number of aryl methyl sites for hydroxylation is 1. The number of carbonyl (C=O) groups is 1. The van der Waals surface area contributed by atoms with E-state index >= 15 is 0 Å². The van der Waals surface area contributed by atoms with Crippen molar-refractivity contribution in [2.24, 2.45) is 11.7 Å². The summed E-state index contributed by atoms with van der Waals surface area (Å²) in [6.45, 7) is 6.00. The molecule has 1 aromatic rings. The fraction of sp³-hybridized carbons (Fsp3) is 0.533. The second-order valence-electron chi connectivity index (χ2n) is 5.44. The normalized spacial score (nSPS) is 21.7. The van der Waals surface area contributed by atoms with Crippen LogP contribution in [0.5, 0.6) is 5.75 Å². The van der Waals surface area contributed by atoms with Gasteiger partial charge in [-0.25, -0.2) is 0 Å². The molecule has 4 nitrogen and oxygen atoms in total. The molecule has 0 radical (unpaired) electrons. The summed E-state index contributed by atoms with van der Waals surface area (Å²) >= 11 is 0. The highest BCUT2D eigenvalue weighted by Gasteiger charge is 2.32. The second-order valence-corrected chi connectivity index (χ2v) is 5.44. The molecule has 104 valence electrons. The maximum atomic E-state index is 12.1. The van der Waals surface area contributed by atoms with Crippen LogP contribution in [0.15, 0.2) is 6.07 Å². The van der Waals surface area contributed by atoms with Crippen LogP contribution in [0.25, 0.3) is 0 Å². The Labute approximate surface area is 114 Å². The highest BCUT2D eigenvalue weighted by Crippen LogP contribution is 2.33. The topological polar surface area (TPSA) is 64.3 Å². The van der Waals surface area contributed by atoms with Crippen LogP contribution in [0, 0.1) is 26.7 Å². The van der Waals surface area contributed by atoms with E-state index in [4.69, 9.17) is 10.5 Å². The molecule has 0 heterocycles. The van der Waals surface area contributed by atoms with Crippen LogP contribution in [-0.2, 0) is 4.79 Å². The van der Waals surface area contributed by atoms with Gasteiger partial charge in [-0.2, -0.15) is 0 Å². The lowest BCUT2D eigenvalue weighted by molar-refractivity contribution is -0.122. The maximum absolute atomic E-state index is 12.1. The summed E-state index contributed by atoms with van der Waals surface area (Å²) in [4.78, 5) is 12.1. The average Bonchev–Trinajstić information content (AvgIpc) is 2.32. The van der Waals surface area contributed by atoms with Gasteiger partial charge in [-0.05, 0) is 56.4 Å². The molecule has 1 saturated carbocycles. The van der Waals surface area contributed by atoms with Gasteiger partial charge in [-0.15, -0.1) is 0 Å². The van der Waals surface area contributed by atoms with Gasteiger partial charge in [-0.3, -0.25) is 4.79 Å². The lowest BCUT2D eigenvalue weighted by Crippen LogP contribution is -2.42. The molecular weight excluding hydrogens is 240 g/mol. The molecule has 0 aliphatic heterocycles. The zero-order valence-electron chi connectivity index (χ0n) is 12.0. The highest BCUT2D eigenvalue weighted by molar-refractivity contribution is 5.94. The Morgan fingerprint density at radius 3 is 2.47 bits per heavy atom. The van der Waals surface area contributed by atoms with E-state index in [-0.39, 0.29) is 17.9 Å². The van der Waals surface area contributed by atoms with Gasteiger partial charge < -0.3 is 15.8 Å². The largest absolute Gasteiger partial charge is 0.496 e. The predicted octanol–water partition coefficient (Wildman–Crippen LogP) is 2.30. The number of benzene rings is 1. The molecule has 0 unspecified atom stereocenters. The first kappa shape index (κ1) is 13.9. The van der Waals surface area contributed by atoms with Gasteiger partial charge >= 0.3 is 0 Å². The maximum Gasteiger partial charge on any atom is 0.227 e. The molecule has 1 aromatic carbocycles. The Morgan fingerprint density at radius 1 is 1.32 bits per heavy atom. The van der Waals surface area contributed by atoms with Gasteiger partial charge in [-0.1, -0.05) is 0 Å². The molecule has 4 heteroatoms. The number of nitrogens with two attached hydrogens (primary N) is 1. The first-order valence-electron chi connectivity index (χ1n) is 6.65. The number of anilines is 1. The third kappa shape index (κ3) is 2.59. The third-order valence-corrected chi connectivity index (χ3v) is 4.03. The van der Waals surface area contributed by atoms with Crippen LogP contribution in [-0.4, -0.2) is 19.1 Å². The van der Waals surface area contributed by atoms with Crippen molar-refractivity contribution < 1.29 is 9.53 Å². The SMILES string of the molecule is COc1c(C)cc(NC(=O)C2CC(N)C2)c(C)c1C. The predicted molar refractivity (Wildman–Crippen MR) is 76.5 cm³/mol. The van der Waals surface area contributed by atoms with Gasteiger partial charge in [0.05, 0.1) is 7.11 Å². The third-order valence-electron chi connectivity index (χ3n) is 4.03. The highest BCUT2D eigenvalue weighted by atomic mass is 16.5. The Morgan fingerprint density at radius 2 is 1.95 bits per heavy atom. The molecule has 0 aromatic heterocycles. The van der Waals surface area contributed by atoms with Crippen molar-refractivity contribution in [2.75, 3.05) is 12.4 Å². The van der Waals surface area contributed by atoms with Gasteiger partial charge in [0, 0.05) is 17.6 Å². The number of amides is 1. The zero-order valence-corrected chi connectivity index (χ0v) is 12.0. The summed E-state index contributed by atoms with van der Waals surface area (Å²) in [7, 11) is 1.67. The smallest absolute Gasteiger partial charge is 0.227 e. The lowest BCUT2D eigenvalue weighted by atomic mass is 9.80. The van der Waals surface area contributed by atoms with E-state index in [2.05, 4.69) is 5.32 Å². The summed E-state index contributed by atoms with van der Waals surface area (Å²) < 4.78 is 5.38. The van der Waals surface area contributed by atoms with E-state index in [1.807, 2.05) is 26.8 Å². The number of methoxy groups -OCH3 is 1. The number of hydrogen-bond donors (Lipinski definition) is 2. The first-order chi connectivity index (χ1) is 8.93. The van der Waals surface area contributed by atoms with E-state index in [1.54, 1.807) is 7.11 Å². The molecule has 0 saturated heterocycles. The Hall–Kier alpha value is -1.55. The average molecular weight is 262 g/mol. The molecular formula is C15H22N2O2. The van der Waals surface area contributed by atoms with Gasteiger partial charge in [0.1, 0.15) is 5.75 Å². The van der Waals surface area contributed by atoms with E-state index in [9.17, 15) is 4.79 Å². The van der Waals surface area contributed by atoms with Crippen molar-refractivity contribution in [3.05, 3.63) is 22.8 Å². The molecule has 1 aliphatic carbocycles. The second kappa shape index (κ2) is 5.21. The molecule has 0 spiro atoms. The standard InChI is InChI=1S/C15H22N2O2/c1-8-5-13(9(2)10(3)14(8)19-4)17-15(18)11-6-12(16)7-11/h5,11-12H,6-7,16H2,1-4H3,(H,17,18). The number of rotatable bonds is 3. The Kier molecular flexibility index (Phi) is 3.80. The van der Waals surface area contributed by atoms with Crippen LogP contribution < -0.4 is 15.8 Å². The molecule has 1 fully saturated rings. The number of nitrogens with one attached hydrogen (secondary N) is 1. The molecule has 3 N–H and O–H groups in total. The Bertz CT molecular complexity index is 505. The van der Waals surface area contributed by atoms with Crippen molar-refractivity contribution in [2.45, 2.75) is 39.7 Å². The summed E-state index contributed by atoms with van der Waals surface area (Å²) in [5.74, 6) is 1.03. The van der Waals surface area contributed by atoms with Gasteiger partial charge in [0.2, 0.25) is 5.91 Å². The van der Waals surface area contributed by atoms with Crippen LogP contribution in [0.2, 0.25) is 0 Å². The van der Waals surface area contributed by atoms with Crippen LogP contribution in [0.3, 0.4) is 0 Å². The molecule has 0 atom stereocenters. The van der Waals surface area contributed by atoms with Crippen molar-refractivity contribution in [3.8, 4) is 5.75 Å².